The lowest BCUT2D eigenvalue weighted by atomic mass is 10.3. The molecule has 1 aromatic heterocycles. The molecular formula is C9H12BrN3O. The van der Waals surface area contributed by atoms with Crippen molar-refractivity contribution >= 4 is 21.8 Å². The number of nitrogens with zero attached hydrogens (tertiary/aromatic N) is 2. The summed E-state index contributed by atoms with van der Waals surface area (Å²) in [5.74, 6) is 0.0445. The molecule has 1 fully saturated rings. The molecule has 1 unspecified atom stereocenters. The van der Waals surface area contributed by atoms with Crippen LogP contribution >= 0.6 is 15.9 Å². The molecule has 1 aromatic rings. The molecule has 5 heteroatoms. The number of carbonyl (C=O) groups excluding carboxylic acids is 1. The summed E-state index contributed by atoms with van der Waals surface area (Å²) in [6, 6.07) is 0.172. The van der Waals surface area contributed by atoms with Crippen LogP contribution in [0.1, 0.15) is 25.8 Å². The van der Waals surface area contributed by atoms with E-state index in [2.05, 4.69) is 26.3 Å². The first-order chi connectivity index (χ1) is 6.66. The van der Waals surface area contributed by atoms with Crippen molar-refractivity contribution in [1.29, 1.82) is 0 Å². The maximum absolute atomic E-state index is 11.6. The smallest absolute Gasteiger partial charge is 0.244 e. The van der Waals surface area contributed by atoms with Gasteiger partial charge in [-0.3, -0.25) is 9.48 Å². The van der Waals surface area contributed by atoms with E-state index in [1.54, 1.807) is 17.1 Å². The minimum absolute atomic E-state index is 0.0445. The SMILES string of the molecule is CC(C(=O)NC1CC1)n1cc(Br)cn1. The second-order valence-electron chi connectivity index (χ2n) is 3.60. The fourth-order valence-corrected chi connectivity index (χ4v) is 1.50. The maximum Gasteiger partial charge on any atom is 0.244 e. The molecular weight excluding hydrogens is 246 g/mol. The molecule has 1 atom stereocenters. The molecule has 2 rings (SSSR count). The lowest BCUT2D eigenvalue weighted by molar-refractivity contribution is -0.124. The monoisotopic (exact) mass is 257 g/mol. The fourth-order valence-electron chi connectivity index (χ4n) is 1.20. The lowest BCUT2D eigenvalue weighted by Gasteiger charge is -2.11. The third kappa shape index (κ3) is 2.15. The molecule has 1 heterocycles. The average Bonchev–Trinajstić information content (AvgIpc) is 2.85. The van der Waals surface area contributed by atoms with E-state index in [4.69, 9.17) is 0 Å². The van der Waals surface area contributed by atoms with E-state index in [1.165, 1.54) is 0 Å². The van der Waals surface area contributed by atoms with Gasteiger partial charge in [0.25, 0.3) is 0 Å². The van der Waals surface area contributed by atoms with E-state index in [-0.39, 0.29) is 11.9 Å². The highest BCUT2D eigenvalue weighted by molar-refractivity contribution is 9.10. The highest BCUT2D eigenvalue weighted by Gasteiger charge is 2.26. The van der Waals surface area contributed by atoms with E-state index in [9.17, 15) is 4.79 Å². The van der Waals surface area contributed by atoms with Crippen LogP contribution in [0, 0.1) is 0 Å². The van der Waals surface area contributed by atoms with Crippen LogP contribution in [0.3, 0.4) is 0 Å². The first-order valence-electron chi connectivity index (χ1n) is 4.67. The van der Waals surface area contributed by atoms with Crippen molar-refractivity contribution in [1.82, 2.24) is 15.1 Å². The second-order valence-corrected chi connectivity index (χ2v) is 4.51. The summed E-state index contributed by atoms with van der Waals surface area (Å²) in [5, 5.41) is 7.02. The molecule has 76 valence electrons. The van der Waals surface area contributed by atoms with Crippen molar-refractivity contribution in [2.75, 3.05) is 0 Å². The molecule has 0 radical (unpaired) electrons. The number of amides is 1. The first-order valence-corrected chi connectivity index (χ1v) is 5.46. The predicted octanol–water partition coefficient (Wildman–Crippen LogP) is 1.49. The molecule has 1 aliphatic carbocycles. The molecule has 1 N–H and O–H groups in total. The maximum atomic E-state index is 11.6. The fraction of sp³-hybridized carbons (Fsp3) is 0.556. The molecule has 0 bridgehead atoms. The van der Waals surface area contributed by atoms with E-state index in [1.807, 2.05) is 6.92 Å². The van der Waals surface area contributed by atoms with Gasteiger partial charge in [-0.25, -0.2) is 0 Å². The van der Waals surface area contributed by atoms with Crippen LogP contribution < -0.4 is 5.32 Å². The lowest BCUT2D eigenvalue weighted by Crippen LogP contribution is -2.32. The number of hydrogen-bond acceptors (Lipinski definition) is 2. The summed E-state index contributed by atoms with van der Waals surface area (Å²) >= 11 is 3.30. The standard InChI is InChI=1S/C9H12BrN3O/c1-6(9(14)12-8-2-3-8)13-5-7(10)4-11-13/h4-6,8H,2-3H2,1H3,(H,12,14). The first kappa shape index (κ1) is 9.71. The largest absolute Gasteiger partial charge is 0.352 e. The van der Waals surface area contributed by atoms with Gasteiger partial charge in [0.1, 0.15) is 6.04 Å². The van der Waals surface area contributed by atoms with E-state index in [0.717, 1.165) is 17.3 Å². The van der Waals surface area contributed by atoms with Gasteiger partial charge >= 0.3 is 0 Å². The average molecular weight is 258 g/mol. The highest BCUT2D eigenvalue weighted by Crippen LogP contribution is 2.20. The minimum atomic E-state index is -0.234. The van der Waals surface area contributed by atoms with Gasteiger partial charge in [0.2, 0.25) is 5.91 Å². The van der Waals surface area contributed by atoms with Gasteiger partial charge < -0.3 is 5.32 Å². The number of hydrogen-bond donors (Lipinski definition) is 1. The Morgan fingerprint density at radius 1 is 1.79 bits per heavy atom. The van der Waals surface area contributed by atoms with Gasteiger partial charge in [0.15, 0.2) is 0 Å². The number of carbonyl (C=O) groups is 1. The molecule has 4 nitrogen and oxygen atoms in total. The van der Waals surface area contributed by atoms with Gasteiger partial charge in [-0.1, -0.05) is 0 Å². The molecule has 1 aliphatic rings. The third-order valence-corrected chi connectivity index (χ3v) is 2.68. The van der Waals surface area contributed by atoms with Crippen molar-refractivity contribution < 1.29 is 4.79 Å². The Kier molecular flexibility index (Phi) is 2.58. The van der Waals surface area contributed by atoms with Crippen LogP contribution in [0.15, 0.2) is 16.9 Å². The van der Waals surface area contributed by atoms with Crippen LogP contribution in [0.2, 0.25) is 0 Å². The summed E-state index contributed by atoms with van der Waals surface area (Å²) < 4.78 is 2.55. The molecule has 1 amide bonds. The quantitative estimate of drug-likeness (QED) is 0.892. The normalized spacial score (nSPS) is 17.9. The summed E-state index contributed by atoms with van der Waals surface area (Å²) in [4.78, 5) is 11.6. The van der Waals surface area contributed by atoms with E-state index in [0.29, 0.717) is 6.04 Å². The second kappa shape index (κ2) is 3.73. The summed E-state index contributed by atoms with van der Waals surface area (Å²) in [6.45, 7) is 1.84. The summed E-state index contributed by atoms with van der Waals surface area (Å²) in [7, 11) is 0. The van der Waals surface area contributed by atoms with E-state index >= 15 is 0 Å². The van der Waals surface area contributed by atoms with Gasteiger partial charge in [-0.15, -0.1) is 0 Å². The third-order valence-electron chi connectivity index (χ3n) is 2.27. The number of aromatic nitrogens is 2. The number of halogens is 1. The molecule has 0 spiro atoms. The molecule has 0 aromatic carbocycles. The van der Waals surface area contributed by atoms with Gasteiger partial charge in [0.05, 0.1) is 10.7 Å². The number of rotatable bonds is 3. The predicted molar refractivity (Wildman–Crippen MR) is 55.8 cm³/mol. The summed E-state index contributed by atoms with van der Waals surface area (Å²) in [6.07, 6.45) is 5.71. The van der Waals surface area contributed by atoms with Crippen molar-refractivity contribution in [2.45, 2.75) is 31.8 Å². The zero-order valence-corrected chi connectivity index (χ0v) is 9.49. The molecule has 0 aliphatic heterocycles. The Morgan fingerprint density at radius 3 is 3.00 bits per heavy atom. The Balaban J connectivity index is 1.99. The van der Waals surface area contributed by atoms with Crippen molar-refractivity contribution in [3.63, 3.8) is 0 Å². The van der Waals surface area contributed by atoms with Crippen LogP contribution in [-0.2, 0) is 4.79 Å². The molecule has 14 heavy (non-hydrogen) atoms. The van der Waals surface area contributed by atoms with Crippen LogP contribution in [0.25, 0.3) is 0 Å². The highest BCUT2D eigenvalue weighted by atomic mass is 79.9. The Labute approximate surface area is 90.8 Å². The zero-order chi connectivity index (χ0) is 10.1. The minimum Gasteiger partial charge on any atom is -0.352 e. The van der Waals surface area contributed by atoms with E-state index < -0.39 is 0 Å². The van der Waals surface area contributed by atoms with Crippen molar-refractivity contribution in [3.05, 3.63) is 16.9 Å². The zero-order valence-electron chi connectivity index (χ0n) is 7.90. The van der Waals surface area contributed by atoms with Gasteiger partial charge in [-0.05, 0) is 35.7 Å². The summed E-state index contributed by atoms with van der Waals surface area (Å²) in [5.41, 5.74) is 0. The number of nitrogens with one attached hydrogen (secondary N) is 1. The molecule has 0 saturated heterocycles. The van der Waals surface area contributed by atoms with Crippen LogP contribution in [0.5, 0.6) is 0 Å². The van der Waals surface area contributed by atoms with Crippen molar-refractivity contribution in [3.8, 4) is 0 Å². The Bertz CT molecular complexity index is 346. The Morgan fingerprint density at radius 2 is 2.50 bits per heavy atom. The van der Waals surface area contributed by atoms with Crippen molar-refractivity contribution in [2.24, 2.45) is 0 Å². The van der Waals surface area contributed by atoms with Gasteiger partial charge in [-0.2, -0.15) is 5.10 Å². The van der Waals surface area contributed by atoms with Crippen LogP contribution in [-0.4, -0.2) is 21.7 Å². The topological polar surface area (TPSA) is 46.9 Å². The molecule has 1 saturated carbocycles. The van der Waals surface area contributed by atoms with Gasteiger partial charge in [0, 0.05) is 12.2 Å². The van der Waals surface area contributed by atoms with Crippen LogP contribution in [0.4, 0.5) is 0 Å². The Hall–Kier alpha value is -0.840.